The number of amides is 1. The van der Waals surface area contributed by atoms with Crippen molar-refractivity contribution in [1.82, 2.24) is 14.5 Å². The fourth-order valence-corrected chi connectivity index (χ4v) is 4.29. The van der Waals surface area contributed by atoms with Gasteiger partial charge in [-0.25, -0.2) is 21.6 Å². The van der Waals surface area contributed by atoms with Crippen molar-refractivity contribution in [2.45, 2.75) is 11.3 Å². The lowest BCUT2D eigenvalue weighted by molar-refractivity contribution is -0.132. The molecule has 146 valence electrons. The van der Waals surface area contributed by atoms with Crippen molar-refractivity contribution in [1.29, 1.82) is 0 Å². The fourth-order valence-electron chi connectivity index (χ4n) is 2.65. The molecular weight excluding hydrogens is 378 g/mol. The van der Waals surface area contributed by atoms with Crippen LogP contribution in [0.1, 0.15) is 6.42 Å². The number of piperazine rings is 1. The number of carbonyl (C=O) groups is 1. The molecule has 1 aromatic carbocycles. The van der Waals surface area contributed by atoms with E-state index in [0.717, 1.165) is 0 Å². The van der Waals surface area contributed by atoms with Gasteiger partial charge in [-0.2, -0.15) is 0 Å². The third kappa shape index (κ3) is 6.67. The Balaban J connectivity index is 1.73. The molecule has 0 radical (unpaired) electrons. The van der Waals surface area contributed by atoms with Crippen LogP contribution in [-0.4, -0.2) is 83.8 Å². The zero-order valence-electron chi connectivity index (χ0n) is 14.8. The number of hydrogen-bond acceptors (Lipinski definition) is 6. The summed E-state index contributed by atoms with van der Waals surface area (Å²) in [5.74, 6) is 0.00546. The number of rotatable bonds is 8. The van der Waals surface area contributed by atoms with Crippen molar-refractivity contribution < 1.29 is 21.6 Å². The molecule has 0 saturated carbocycles. The third-order valence-electron chi connectivity index (χ3n) is 4.19. The average Bonchev–Trinajstić information content (AvgIpc) is 2.60. The van der Waals surface area contributed by atoms with Crippen LogP contribution in [0.15, 0.2) is 35.2 Å². The zero-order valence-corrected chi connectivity index (χ0v) is 16.4. The molecule has 0 aliphatic carbocycles. The Labute approximate surface area is 155 Å². The highest BCUT2D eigenvalue weighted by molar-refractivity contribution is 7.90. The first-order valence-electron chi connectivity index (χ1n) is 8.40. The summed E-state index contributed by atoms with van der Waals surface area (Å²) in [5.41, 5.74) is 0. The van der Waals surface area contributed by atoms with Crippen LogP contribution in [-0.2, 0) is 24.7 Å². The number of sulfonamides is 1. The van der Waals surface area contributed by atoms with Crippen molar-refractivity contribution >= 4 is 25.8 Å². The Morgan fingerprint density at radius 2 is 1.65 bits per heavy atom. The van der Waals surface area contributed by atoms with E-state index in [1.807, 2.05) is 4.90 Å². The predicted octanol–water partition coefficient (Wildman–Crippen LogP) is -0.456. The van der Waals surface area contributed by atoms with Crippen molar-refractivity contribution in [3.05, 3.63) is 30.3 Å². The van der Waals surface area contributed by atoms with Crippen LogP contribution in [0.4, 0.5) is 0 Å². The summed E-state index contributed by atoms with van der Waals surface area (Å²) in [5, 5.41) is 0. The molecule has 0 spiro atoms. The van der Waals surface area contributed by atoms with Crippen LogP contribution in [0.3, 0.4) is 0 Å². The van der Waals surface area contributed by atoms with E-state index in [9.17, 15) is 21.6 Å². The molecule has 0 unspecified atom stereocenters. The Morgan fingerprint density at radius 1 is 1.04 bits per heavy atom. The first-order chi connectivity index (χ1) is 12.2. The summed E-state index contributed by atoms with van der Waals surface area (Å²) in [6, 6.07) is 8.02. The predicted molar refractivity (Wildman–Crippen MR) is 99.0 cm³/mol. The standard InChI is InChI=1S/C16H25N3O5S2/c1-25(21,22)14-13-18-9-11-19(12-10-18)16(20)7-8-17-26(23,24)15-5-3-2-4-6-15/h2-6,17H,7-14H2,1H3. The maximum atomic E-state index is 12.2. The molecule has 1 aliphatic heterocycles. The third-order valence-corrected chi connectivity index (χ3v) is 6.59. The van der Waals surface area contributed by atoms with Crippen LogP contribution < -0.4 is 4.72 Å². The molecule has 26 heavy (non-hydrogen) atoms. The number of nitrogens with zero attached hydrogens (tertiary/aromatic N) is 2. The van der Waals surface area contributed by atoms with E-state index in [4.69, 9.17) is 0 Å². The normalized spacial score (nSPS) is 16.6. The maximum Gasteiger partial charge on any atom is 0.240 e. The number of sulfone groups is 1. The molecule has 1 amide bonds. The first-order valence-corrected chi connectivity index (χ1v) is 11.9. The summed E-state index contributed by atoms with van der Waals surface area (Å²) in [4.78, 5) is 16.1. The summed E-state index contributed by atoms with van der Waals surface area (Å²) in [6.07, 6.45) is 1.30. The molecule has 1 saturated heterocycles. The van der Waals surface area contributed by atoms with Gasteiger partial charge in [-0.05, 0) is 12.1 Å². The van der Waals surface area contributed by atoms with Gasteiger partial charge in [0.05, 0.1) is 10.6 Å². The number of nitrogens with one attached hydrogen (secondary N) is 1. The molecular formula is C16H25N3O5S2. The van der Waals surface area contributed by atoms with E-state index in [0.29, 0.717) is 32.7 Å². The molecule has 1 fully saturated rings. The second-order valence-corrected chi connectivity index (χ2v) is 10.3. The lowest BCUT2D eigenvalue weighted by Gasteiger charge is -2.34. The topological polar surface area (TPSA) is 104 Å². The van der Waals surface area contributed by atoms with E-state index in [1.165, 1.54) is 18.4 Å². The van der Waals surface area contributed by atoms with Gasteiger partial charge in [0, 0.05) is 51.9 Å². The second kappa shape index (κ2) is 8.94. The van der Waals surface area contributed by atoms with E-state index >= 15 is 0 Å². The minimum Gasteiger partial charge on any atom is -0.340 e. The van der Waals surface area contributed by atoms with Crippen LogP contribution >= 0.6 is 0 Å². The molecule has 1 N–H and O–H groups in total. The quantitative estimate of drug-likeness (QED) is 0.630. The van der Waals surface area contributed by atoms with E-state index in [-0.39, 0.29) is 29.5 Å². The van der Waals surface area contributed by atoms with Crippen molar-refractivity contribution in [3.8, 4) is 0 Å². The van der Waals surface area contributed by atoms with E-state index in [2.05, 4.69) is 4.72 Å². The smallest absolute Gasteiger partial charge is 0.240 e. The minimum atomic E-state index is -3.60. The molecule has 0 bridgehead atoms. The molecule has 0 aromatic heterocycles. The molecule has 2 rings (SSSR count). The summed E-state index contributed by atoms with van der Waals surface area (Å²) in [7, 11) is -6.59. The van der Waals surface area contributed by atoms with Gasteiger partial charge in [0.2, 0.25) is 15.9 Å². The van der Waals surface area contributed by atoms with Crippen molar-refractivity contribution in [2.24, 2.45) is 0 Å². The number of hydrogen-bond donors (Lipinski definition) is 1. The van der Waals surface area contributed by atoms with Crippen LogP contribution in [0.25, 0.3) is 0 Å². The molecule has 1 aliphatic rings. The van der Waals surface area contributed by atoms with Gasteiger partial charge in [-0.15, -0.1) is 0 Å². The minimum absolute atomic E-state index is 0.0460. The van der Waals surface area contributed by atoms with Crippen LogP contribution in [0.5, 0.6) is 0 Å². The molecule has 1 heterocycles. The highest BCUT2D eigenvalue weighted by Crippen LogP contribution is 2.08. The van der Waals surface area contributed by atoms with Gasteiger partial charge in [0.15, 0.2) is 0 Å². The molecule has 10 heteroatoms. The van der Waals surface area contributed by atoms with Crippen LogP contribution in [0.2, 0.25) is 0 Å². The van der Waals surface area contributed by atoms with Gasteiger partial charge < -0.3 is 4.90 Å². The summed E-state index contributed by atoms with van der Waals surface area (Å²) in [6.45, 7) is 2.80. The van der Waals surface area contributed by atoms with Gasteiger partial charge in [0.25, 0.3) is 0 Å². The fraction of sp³-hybridized carbons (Fsp3) is 0.562. The molecule has 8 nitrogen and oxygen atoms in total. The van der Waals surface area contributed by atoms with Crippen LogP contribution in [0, 0.1) is 0 Å². The molecule has 0 atom stereocenters. The maximum absolute atomic E-state index is 12.2. The lowest BCUT2D eigenvalue weighted by Crippen LogP contribution is -2.50. The second-order valence-electron chi connectivity index (χ2n) is 6.31. The van der Waals surface area contributed by atoms with Crippen molar-refractivity contribution in [3.63, 3.8) is 0 Å². The Kier molecular flexibility index (Phi) is 7.16. The number of carbonyl (C=O) groups excluding carboxylic acids is 1. The average molecular weight is 404 g/mol. The lowest BCUT2D eigenvalue weighted by atomic mass is 10.3. The zero-order chi connectivity index (χ0) is 19.2. The number of benzene rings is 1. The van der Waals surface area contributed by atoms with Crippen molar-refractivity contribution in [2.75, 3.05) is 51.3 Å². The van der Waals surface area contributed by atoms with Gasteiger partial charge >= 0.3 is 0 Å². The highest BCUT2D eigenvalue weighted by Gasteiger charge is 2.22. The SMILES string of the molecule is CS(=O)(=O)CCN1CCN(C(=O)CCNS(=O)(=O)c2ccccc2)CC1. The van der Waals surface area contributed by atoms with Gasteiger partial charge in [-0.3, -0.25) is 9.69 Å². The van der Waals surface area contributed by atoms with Gasteiger partial charge in [0.1, 0.15) is 9.84 Å². The summed E-state index contributed by atoms with van der Waals surface area (Å²) >= 11 is 0. The van der Waals surface area contributed by atoms with E-state index < -0.39 is 19.9 Å². The summed E-state index contributed by atoms with van der Waals surface area (Å²) < 4.78 is 49.0. The largest absolute Gasteiger partial charge is 0.340 e. The Bertz CT molecular complexity index is 802. The Morgan fingerprint density at radius 3 is 2.23 bits per heavy atom. The Hall–Kier alpha value is -1.49. The van der Waals surface area contributed by atoms with E-state index in [1.54, 1.807) is 23.1 Å². The highest BCUT2D eigenvalue weighted by atomic mass is 32.2. The monoisotopic (exact) mass is 403 g/mol. The van der Waals surface area contributed by atoms with Gasteiger partial charge in [-0.1, -0.05) is 18.2 Å². The molecule has 1 aromatic rings. The first kappa shape index (κ1) is 20.8.